The molecule has 1 aromatic heterocycles. The Kier molecular flexibility index (Phi) is 5.66. The van der Waals surface area contributed by atoms with E-state index in [0.717, 1.165) is 11.3 Å². The highest BCUT2D eigenvalue weighted by Gasteiger charge is 2.37. The van der Waals surface area contributed by atoms with Gasteiger partial charge < -0.3 is 5.73 Å². The van der Waals surface area contributed by atoms with E-state index in [1.165, 1.54) is 0 Å². The van der Waals surface area contributed by atoms with Crippen molar-refractivity contribution >= 4 is 10.9 Å². The Bertz CT molecular complexity index is 1100. The smallest absolute Gasteiger partial charge is 0.266 e. The van der Waals surface area contributed by atoms with Crippen molar-refractivity contribution in [3.8, 4) is 5.69 Å². The molecule has 2 heterocycles. The van der Waals surface area contributed by atoms with E-state index in [0.29, 0.717) is 42.7 Å². The van der Waals surface area contributed by atoms with Gasteiger partial charge in [0.15, 0.2) is 0 Å². The zero-order valence-corrected chi connectivity index (χ0v) is 17.0. The van der Waals surface area contributed by atoms with Crippen LogP contribution in [-0.2, 0) is 6.42 Å². The van der Waals surface area contributed by atoms with Gasteiger partial charge in [-0.15, -0.1) is 0 Å². The number of aryl methyl sites for hydroxylation is 1. The first-order valence-electron chi connectivity index (χ1n) is 10.3. The Morgan fingerprint density at radius 3 is 2.60 bits per heavy atom. The van der Waals surface area contributed by atoms with Crippen LogP contribution in [0.4, 0.5) is 8.78 Å². The normalized spacial score (nSPS) is 17.5. The molecule has 0 bridgehead atoms. The summed E-state index contributed by atoms with van der Waals surface area (Å²) in [5, 5.41) is 0.567. The fourth-order valence-electron chi connectivity index (χ4n) is 4.15. The summed E-state index contributed by atoms with van der Waals surface area (Å²) in [6.07, 6.45) is 1.25. The predicted octanol–water partition coefficient (Wildman–Crippen LogP) is 3.68. The number of para-hydroxylation sites is 1. The van der Waals surface area contributed by atoms with Crippen molar-refractivity contribution in [2.24, 2.45) is 5.73 Å². The van der Waals surface area contributed by atoms with Crippen LogP contribution in [0.25, 0.3) is 16.6 Å². The van der Waals surface area contributed by atoms with Crippen LogP contribution in [0, 0.1) is 0 Å². The van der Waals surface area contributed by atoms with Crippen molar-refractivity contribution in [1.82, 2.24) is 14.5 Å². The van der Waals surface area contributed by atoms with E-state index in [1.54, 1.807) is 9.47 Å². The molecule has 4 rings (SSSR count). The van der Waals surface area contributed by atoms with E-state index >= 15 is 0 Å². The van der Waals surface area contributed by atoms with E-state index in [9.17, 15) is 13.6 Å². The Morgan fingerprint density at radius 1 is 1.17 bits per heavy atom. The second kappa shape index (κ2) is 8.24. The van der Waals surface area contributed by atoms with Crippen molar-refractivity contribution in [2.75, 3.05) is 19.6 Å². The second-order valence-corrected chi connectivity index (χ2v) is 8.03. The Hall–Kier alpha value is -2.64. The van der Waals surface area contributed by atoms with Gasteiger partial charge in [0.25, 0.3) is 11.5 Å². The molecule has 1 aliphatic rings. The first kappa shape index (κ1) is 20.6. The molecule has 0 aliphatic carbocycles. The highest BCUT2D eigenvalue weighted by molar-refractivity contribution is 5.81. The summed E-state index contributed by atoms with van der Waals surface area (Å²) < 4.78 is 28.4. The number of rotatable bonds is 6. The molecular formula is C23H26F2N4O. The number of fused-ring (bicyclic) bond motifs is 1. The first-order valence-corrected chi connectivity index (χ1v) is 10.3. The quantitative estimate of drug-likeness (QED) is 0.671. The summed E-state index contributed by atoms with van der Waals surface area (Å²) in [6, 6.07) is 14.6. The molecule has 0 saturated carbocycles. The van der Waals surface area contributed by atoms with Gasteiger partial charge in [-0.1, -0.05) is 30.3 Å². The van der Waals surface area contributed by atoms with Crippen LogP contribution in [-0.4, -0.2) is 40.0 Å². The minimum atomic E-state index is -2.58. The average molecular weight is 412 g/mol. The van der Waals surface area contributed by atoms with Gasteiger partial charge in [0, 0.05) is 13.0 Å². The zero-order valence-electron chi connectivity index (χ0n) is 17.0. The van der Waals surface area contributed by atoms with Gasteiger partial charge in [-0.3, -0.25) is 14.3 Å². The Balaban J connectivity index is 1.69. The molecule has 7 heteroatoms. The average Bonchev–Trinajstić information content (AvgIpc) is 3.07. The number of benzene rings is 2. The standard InChI is InChI=1S/C23H26F2N4O/c1-16(26)21-27-19-11-5-7-17(8-6-13-28-14-12-23(24,25)15-28)20(19)22(30)29(21)18-9-3-2-4-10-18/h2-5,7,9-11,16H,6,8,12-15,26H2,1H3. The monoisotopic (exact) mass is 412 g/mol. The predicted molar refractivity (Wildman–Crippen MR) is 114 cm³/mol. The summed E-state index contributed by atoms with van der Waals surface area (Å²) in [7, 11) is 0. The summed E-state index contributed by atoms with van der Waals surface area (Å²) in [6.45, 7) is 2.64. The van der Waals surface area contributed by atoms with Crippen molar-refractivity contribution in [2.45, 2.75) is 38.2 Å². The van der Waals surface area contributed by atoms with Crippen LogP contribution >= 0.6 is 0 Å². The summed E-state index contributed by atoms with van der Waals surface area (Å²) in [4.78, 5) is 20.0. The molecule has 0 spiro atoms. The van der Waals surface area contributed by atoms with E-state index < -0.39 is 12.0 Å². The third kappa shape index (κ3) is 4.13. The van der Waals surface area contributed by atoms with Gasteiger partial charge in [0.05, 0.1) is 29.2 Å². The van der Waals surface area contributed by atoms with Crippen LogP contribution in [0.1, 0.15) is 37.2 Å². The van der Waals surface area contributed by atoms with Crippen LogP contribution in [0.5, 0.6) is 0 Å². The number of halogens is 2. The molecule has 30 heavy (non-hydrogen) atoms. The SMILES string of the molecule is CC(N)c1nc2cccc(CCCN3CCC(F)(F)C3)c2c(=O)n1-c1ccccc1. The summed E-state index contributed by atoms with van der Waals surface area (Å²) >= 11 is 0. The number of alkyl halides is 2. The molecule has 1 fully saturated rings. The lowest BCUT2D eigenvalue weighted by molar-refractivity contribution is 0.0122. The second-order valence-electron chi connectivity index (χ2n) is 8.03. The van der Waals surface area contributed by atoms with Crippen molar-refractivity contribution in [3.05, 3.63) is 70.3 Å². The number of hydrogen-bond donors (Lipinski definition) is 1. The van der Waals surface area contributed by atoms with Gasteiger partial charge in [0.1, 0.15) is 5.82 Å². The van der Waals surface area contributed by atoms with E-state index in [1.807, 2.05) is 55.5 Å². The minimum absolute atomic E-state index is 0.0764. The molecule has 1 aliphatic heterocycles. The number of nitrogens with zero attached hydrogens (tertiary/aromatic N) is 3. The summed E-state index contributed by atoms with van der Waals surface area (Å²) in [5.41, 5.74) is 8.20. The maximum atomic E-state index is 13.5. The lowest BCUT2D eigenvalue weighted by atomic mass is 10.0. The van der Waals surface area contributed by atoms with Crippen LogP contribution in [0.15, 0.2) is 53.3 Å². The van der Waals surface area contributed by atoms with Gasteiger partial charge in [-0.2, -0.15) is 0 Å². The van der Waals surface area contributed by atoms with Crippen molar-refractivity contribution in [3.63, 3.8) is 0 Å². The molecule has 3 aromatic rings. The third-order valence-electron chi connectivity index (χ3n) is 5.60. The number of hydrogen-bond acceptors (Lipinski definition) is 4. The molecule has 2 N–H and O–H groups in total. The summed E-state index contributed by atoms with van der Waals surface area (Å²) in [5.74, 6) is -2.07. The maximum Gasteiger partial charge on any atom is 0.266 e. The molecule has 0 amide bonds. The largest absolute Gasteiger partial charge is 0.322 e. The van der Waals surface area contributed by atoms with Gasteiger partial charge in [0.2, 0.25) is 0 Å². The molecule has 5 nitrogen and oxygen atoms in total. The lowest BCUT2D eigenvalue weighted by Crippen LogP contribution is -2.28. The third-order valence-corrected chi connectivity index (χ3v) is 5.60. The molecule has 1 atom stereocenters. The highest BCUT2D eigenvalue weighted by Crippen LogP contribution is 2.27. The lowest BCUT2D eigenvalue weighted by Gasteiger charge is -2.18. The van der Waals surface area contributed by atoms with Crippen LogP contribution in [0.3, 0.4) is 0 Å². The number of aromatic nitrogens is 2. The maximum absolute atomic E-state index is 13.5. The van der Waals surface area contributed by atoms with Crippen LogP contribution in [0.2, 0.25) is 0 Å². The van der Waals surface area contributed by atoms with Gasteiger partial charge in [-0.05, 0) is 50.1 Å². The molecule has 1 unspecified atom stereocenters. The van der Waals surface area contributed by atoms with Crippen LogP contribution < -0.4 is 11.3 Å². The van der Waals surface area contributed by atoms with Crippen molar-refractivity contribution in [1.29, 1.82) is 0 Å². The first-order chi connectivity index (χ1) is 14.4. The topological polar surface area (TPSA) is 64.2 Å². The van der Waals surface area contributed by atoms with Crippen molar-refractivity contribution < 1.29 is 8.78 Å². The Morgan fingerprint density at radius 2 is 1.93 bits per heavy atom. The Labute approximate surface area is 174 Å². The molecule has 158 valence electrons. The molecule has 2 aromatic carbocycles. The number of nitrogens with two attached hydrogens (primary N) is 1. The zero-order chi connectivity index (χ0) is 21.3. The fourth-order valence-corrected chi connectivity index (χ4v) is 4.15. The van der Waals surface area contributed by atoms with E-state index in [2.05, 4.69) is 0 Å². The fraction of sp³-hybridized carbons (Fsp3) is 0.391. The number of likely N-dealkylation sites (tertiary alicyclic amines) is 1. The van der Waals surface area contributed by atoms with E-state index in [-0.39, 0.29) is 18.5 Å². The highest BCUT2D eigenvalue weighted by atomic mass is 19.3. The van der Waals surface area contributed by atoms with E-state index in [4.69, 9.17) is 10.7 Å². The van der Waals surface area contributed by atoms with Gasteiger partial charge >= 0.3 is 0 Å². The minimum Gasteiger partial charge on any atom is -0.322 e. The van der Waals surface area contributed by atoms with Gasteiger partial charge in [-0.25, -0.2) is 13.8 Å². The molecule has 0 radical (unpaired) electrons. The molecule has 1 saturated heterocycles. The molecular weight excluding hydrogens is 386 g/mol.